The van der Waals surface area contributed by atoms with Gasteiger partial charge in [-0.15, -0.1) is 11.8 Å². The zero-order valence-corrected chi connectivity index (χ0v) is 15.9. The molecule has 9 heteroatoms. The molecule has 0 saturated carbocycles. The molecule has 2 rings (SSSR count). The van der Waals surface area contributed by atoms with Gasteiger partial charge in [0.05, 0.1) is 34.7 Å². The van der Waals surface area contributed by atoms with Crippen LogP contribution in [-0.4, -0.2) is 43.0 Å². The first-order chi connectivity index (χ1) is 12.4. The molecule has 0 spiro atoms. The van der Waals surface area contributed by atoms with Gasteiger partial charge >= 0.3 is 18.0 Å². The number of halogens is 1. The standard InChI is InChI=1S/C17H19ClN2O5S/c1-3-24-16(22)15-10(2)19-17(23)20-12(15)8-25-14(21)9-26-13-7-5-4-6-11(13)18/h4-7,10H,3,8-9H2,1-2H3,(H2,19,20,23). The minimum atomic E-state index is -0.566. The number of benzene rings is 1. The molecule has 0 aromatic heterocycles. The molecule has 140 valence electrons. The van der Waals surface area contributed by atoms with Crippen molar-refractivity contribution < 1.29 is 23.9 Å². The molecule has 1 atom stereocenters. The lowest BCUT2D eigenvalue weighted by Crippen LogP contribution is -2.50. The summed E-state index contributed by atoms with van der Waals surface area (Å²) in [6, 6.07) is 6.14. The third-order valence-corrected chi connectivity index (χ3v) is 4.91. The average molecular weight is 399 g/mol. The number of esters is 2. The van der Waals surface area contributed by atoms with Crippen molar-refractivity contribution in [3.05, 3.63) is 40.6 Å². The molecule has 1 aromatic carbocycles. The van der Waals surface area contributed by atoms with E-state index in [1.54, 1.807) is 32.0 Å². The number of hydrogen-bond acceptors (Lipinski definition) is 6. The fourth-order valence-corrected chi connectivity index (χ4v) is 3.32. The van der Waals surface area contributed by atoms with Crippen molar-refractivity contribution in [2.45, 2.75) is 24.8 Å². The first kappa shape index (κ1) is 20.1. The maximum atomic E-state index is 12.1. The van der Waals surface area contributed by atoms with E-state index in [1.165, 1.54) is 11.8 Å². The van der Waals surface area contributed by atoms with E-state index in [0.29, 0.717) is 5.02 Å². The lowest BCUT2D eigenvalue weighted by atomic mass is 10.0. The van der Waals surface area contributed by atoms with Gasteiger partial charge in [0.1, 0.15) is 6.61 Å². The Morgan fingerprint density at radius 3 is 2.69 bits per heavy atom. The van der Waals surface area contributed by atoms with Gasteiger partial charge < -0.3 is 20.1 Å². The van der Waals surface area contributed by atoms with E-state index >= 15 is 0 Å². The molecule has 0 aliphatic carbocycles. The van der Waals surface area contributed by atoms with Gasteiger partial charge in [0.25, 0.3) is 0 Å². The second-order valence-corrected chi connectivity index (χ2v) is 6.74. The van der Waals surface area contributed by atoms with E-state index in [4.69, 9.17) is 21.1 Å². The molecule has 1 heterocycles. The van der Waals surface area contributed by atoms with E-state index in [9.17, 15) is 14.4 Å². The van der Waals surface area contributed by atoms with Crippen molar-refractivity contribution in [1.29, 1.82) is 0 Å². The summed E-state index contributed by atoms with van der Waals surface area (Å²) in [5.74, 6) is -1.01. The number of carbonyl (C=O) groups excluding carboxylic acids is 3. The highest BCUT2D eigenvalue weighted by Crippen LogP contribution is 2.26. The first-order valence-corrected chi connectivity index (χ1v) is 9.29. The Bertz CT molecular complexity index is 738. The second kappa shape index (κ2) is 9.49. The SMILES string of the molecule is CCOC(=O)C1=C(COC(=O)CSc2ccccc2Cl)NC(=O)NC1C. The molecular formula is C17H19ClN2O5S. The number of ether oxygens (including phenoxy) is 2. The Morgan fingerprint density at radius 1 is 1.27 bits per heavy atom. The van der Waals surface area contributed by atoms with Crippen LogP contribution in [0.25, 0.3) is 0 Å². The van der Waals surface area contributed by atoms with E-state index in [-0.39, 0.29) is 30.2 Å². The number of hydrogen-bond donors (Lipinski definition) is 2. The van der Waals surface area contributed by atoms with Crippen molar-refractivity contribution >= 4 is 41.3 Å². The van der Waals surface area contributed by atoms with Crippen molar-refractivity contribution in [3.63, 3.8) is 0 Å². The largest absolute Gasteiger partial charge is 0.463 e. The average Bonchev–Trinajstić information content (AvgIpc) is 2.58. The third kappa shape index (κ3) is 5.40. The molecule has 26 heavy (non-hydrogen) atoms. The van der Waals surface area contributed by atoms with E-state index in [2.05, 4.69) is 10.6 Å². The van der Waals surface area contributed by atoms with Crippen LogP contribution in [0.5, 0.6) is 0 Å². The fraction of sp³-hybridized carbons (Fsp3) is 0.353. The summed E-state index contributed by atoms with van der Waals surface area (Å²) in [6.45, 7) is 3.31. The van der Waals surface area contributed by atoms with Crippen molar-refractivity contribution in [1.82, 2.24) is 10.6 Å². The molecule has 0 saturated heterocycles. The van der Waals surface area contributed by atoms with Gasteiger partial charge in [-0.05, 0) is 26.0 Å². The Morgan fingerprint density at radius 2 is 2.00 bits per heavy atom. The Balaban J connectivity index is 1.99. The van der Waals surface area contributed by atoms with Crippen LogP contribution in [0.15, 0.2) is 40.4 Å². The summed E-state index contributed by atoms with van der Waals surface area (Å²) >= 11 is 7.28. The topological polar surface area (TPSA) is 93.7 Å². The van der Waals surface area contributed by atoms with Crippen LogP contribution < -0.4 is 10.6 Å². The highest BCUT2D eigenvalue weighted by Gasteiger charge is 2.30. The quantitative estimate of drug-likeness (QED) is 0.541. The fourth-order valence-electron chi connectivity index (χ4n) is 2.29. The number of rotatable bonds is 7. The molecule has 7 nitrogen and oxygen atoms in total. The minimum absolute atomic E-state index is 0.0491. The Hall–Kier alpha value is -2.19. The molecule has 1 unspecified atom stereocenters. The van der Waals surface area contributed by atoms with Crippen LogP contribution >= 0.6 is 23.4 Å². The van der Waals surface area contributed by atoms with Crippen LogP contribution in [-0.2, 0) is 19.1 Å². The normalized spacial score (nSPS) is 16.6. The van der Waals surface area contributed by atoms with Crippen molar-refractivity contribution in [2.75, 3.05) is 19.0 Å². The first-order valence-electron chi connectivity index (χ1n) is 7.93. The van der Waals surface area contributed by atoms with E-state index in [1.807, 2.05) is 6.07 Å². The predicted molar refractivity (Wildman–Crippen MR) is 97.9 cm³/mol. The maximum absolute atomic E-state index is 12.1. The monoisotopic (exact) mass is 398 g/mol. The van der Waals surface area contributed by atoms with E-state index < -0.39 is 24.0 Å². The summed E-state index contributed by atoms with van der Waals surface area (Å²) in [6.07, 6.45) is 0. The smallest absolute Gasteiger partial charge is 0.338 e. The second-order valence-electron chi connectivity index (χ2n) is 5.31. The Labute approximate surface area is 160 Å². The van der Waals surface area contributed by atoms with Gasteiger partial charge in [0.2, 0.25) is 0 Å². The van der Waals surface area contributed by atoms with Gasteiger partial charge in [-0.1, -0.05) is 23.7 Å². The van der Waals surface area contributed by atoms with Crippen LogP contribution in [0.3, 0.4) is 0 Å². The molecule has 0 radical (unpaired) electrons. The summed E-state index contributed by atoms with van der Waals surface area (Å²) in [5.41, 5.74) is 0.453. The van der Waals surface area contributed by atoms with Crippen LogP contribution in [0.4, 0.5) is 4.79 Å². The molecule has 2 amide bonds. The van der Waals surface area contributed by atoms with Crippen molar-refractivity contribution in [2.24, 2.45) is 0 Å². The van der Waals surface area contributed by atoms with E-state index in [0.717, 1.165) is 4.90 Å². The summed E-state index contributed by atoms with van der Waals surface area (Å²) in [7, 11) is 0. The number of nitrogens with one attached hydrogen (secondary N) is 2. The van der Waals surface area contributed by atoms with Gasteiger partial charge in [0, 0.05) is 4.90 Å². The van der Waals surface area contributed by atoms with Crippen LogP contribution in [0, 0.1) is 0 Å². The van der Waals surface area contributed by atoms with Gasteiger partial charge in [-0.25, -0.2) is 9.59 Å². The third-order valence-electron chi connectivity index (χ3n) is 3.43. The predicted octanol–water partition coefficient (Wildman–Crippen LogP) is 2.49. The van der Waals surface area contributed by atoms with Gasteiger partial charge in [-0.3, -0.25) is 4.79 Å². The number of carbonyl (C=O) groups is 3. The zero-order valence-electron chi connectivity index (χ0n) is 14.3. The van der Waals surface area contributed by atoms with Crippen molar-refractivity contribution in [3.8, 4) is 0 Å². The summed E-state index contributed by atoms with van der Waals surface area (Å²) in [5, 5.41) is 5.62. The highest BCUT2D eigenvalue weighted by molar-refractivity contribution is 8.00. The summed E-state index contributed by atoms with van der Waals surface area (Å²) in [4.78, 5) is 36.5. The summed E-state index contributed by atoms with van der Waals surface area (Å²) < 4.78 is 10.2. The molecule has 1 aliphatic heterocycles. The highest BCUT2D eigenvalue weighted by atomic mass is 35.5. The molecular weight excluding hydrogens is 380 g/mol. The maximum Gasteiger partial charge on any atom is 0.338 e. The zero-order chi connectivity index (χ0) is 19.1. The molecule has 0 fully saturated rings. The lowest BCUT2D eigenvalue weighted by Gasteiger charge is -2.26. The molecule has 1 aliphatic rings. The number of amides is 2. The van der Waals surface area contributed by atoms with Crippen LogP contribution in [0.2, 0.25) is 5.02 Å². The lowest BCUT2D eigenvalue weighted by molar-refractivity contribution is -0.141. The number of thioether (sulfide) groups is 1. The molecule has 0 bridgehead atoms. The number of urea groups is 1. The molecule has 1 aromatic rings. The molecule has 2 N–H and O–H groups in total. The van der Waals surface area contributed by atoms with Gasteiger partial charge in [-0.2, -0.15) is 0 Å². The van der Waals surface area contributed by atoms with Gasteiger partial charge in [0.15, 0.2) is 0 Å². The van der Waals surface area contributed by atoms with Crippen LogP contribution in [0.1, 0.15) is 13.8 Å². The Kier molecular flexibility index (Phi) is 7.35. The minimum Gasteiger partial charge on any atom is -0.463 e.